The van der Waals surface area contributed by atoms with Crippen LogP contribution in [-0.2, 0) is 14.3 Å². The number of carbonyl (C=O) groups is 3. The van der Waals surface area contributed by atoms with Crippen molar-refractivity contribution in [1.82, 2.24) is 4.90 Å². The molecule has 1 aromatic carbocycles. The van der Waals surface area contributed by atoms with Crippen molar-refractivity contribution in [1.29, 1.82) is 0 Å². The first-order valence-electron chi connectivity index (χ1n) is 7.67. The normalized spacial score (nSPS) is 15.2. The maximum Gasteiger partial charge on any atom is 0.337 e. The van der Waals surface area contributed by atoms with Gasteiger partial charge in [0.05, 0.1) is 12.7 Å². The van der Waals surface area contributed by atoms with E-state index in [9.17, 15) is 14.4 Å². The molecule has 1 aliphatic heterocycles. The number of piperidine rings is 1. The van der Waals surface area contributed by atoms with E-state index in [0.717, 1.165) is 5.56 Å². The summed E-state index contributed by atoms with van der Waals surface area (Å²) in [6, 6.07) is 5.08. The molecule has 0 aromatic heterocycles. The zero-order valence-corrected chi connectivity index (χ0v) is 13.7. The van der Waals surface area contributed by atoms with Crippen LogP contribution in [0.4, 0.5) is 5.69 Å². The van der Waals surface area contributed by atoms with E-state index in [1.54, 1.807) is 30.0 Å². The number of aryl methyl sites for hydroxylation is 1. The van der Waals surface area contributed by atoms with Crippen LogP contribution in [0.1, 0.15) is 35.7 Å². The number of methoxy groups -OCH3 is 1. The lowest BCUT2D eigenvalue weighted by Crippen LogP contribution is -2.40. The average molecular weight is 318 g/mol. The van der Waals surface area contributed by atoms with E-state index in [-0.39, 0.29) is 17.7 Å². The Morgan fingerprint density at radius 3 is 2.43 bits per heavy atom. The molecular weight excluding hydrogens is 296 g/mol. The third-order valence-corrected chi connectivity index (χ3v) is 4.23. The molecule has 1 fully saturated rings. The van der Waals surface area contributed by atoms with Crippen molar-refractivity contribution >= 4 is 23.5 Å². The summed E-state index contributed by atoms with van der Waals surface area (Å²) in [5.74, 6) is -0.578. The summed E-state index contributed by atoms with van der Waals surface area (Å²) in [6.07, 6.45) is 1.31. The van der Waals surface area contributed by atoms with Crippen molar-refractivity contribution in [3.8, 4) is 0 Å². The smallest absolute Gasteiger partial charge is 0.337 e. The number of hydrogen-bond donors (Lipinski definition) is 1. The highest BCUT2D eigenvalue weighted by Crippen LogP contribution is 2.22. The predicted octanol–water partition coefficient (Wildman–Crippen LogP) is 1.98. The predicted molar refractivity (Wildman–Crippen MR) is 86.1 cm³/mol. The lowest BCUT2D eigenvalue weighted by molar-refractivity contribution is -0.132. The van der Waals surface area contributed by atoms with Crippen LogP contribution >= 0.6 is 0 Å². The number of esters is 1. The molecule has 0 saturated carbocycles. The molecule has 0 unspecified atom stereocenters. The first kappa shape index (κ1) is 17.0. The second-order valence-corrected chi connectivity index (χ2v) is 5.79. The first-order valence-corrected chi connectivity index (χ1v) is 7.67. The Morgan fingerprint density at radius 2 is 1.87 bits per heavy atom. The van der Waals surface area contributed by atoms with E-state index in [1.165, 1.54) is 7.11 Å². The Morgan fingerprint density at radius 1 is 1.22 bits per heavy atom. The van der Waals surface area contributed by atoms with Crippen LogP contribution in [0.3, 0.4) is 0 Å². The van der Waals surface area contributed by atoms with Gasteiger partial charge in [-0.3, -0.25) is 9.59 Å². The Balaban J connectivity index is 2.03. The van der Waals surface area contributed by atoms with Crippen LogP contribution in [0.2, 0.25) is 0 Å². The minimum atomic E-state index is -0.435. The molecule has 0 bridgehead atoms. The molecule has 23 heavy (non-hydrogen) atoms. The van der Waals surface area contributed by atoms with Gasteiger partial charge in [-0.1, -0.05) is 6.07 Å². The van der Waals surface area contributed by atoms with Crippen LogP contribution < -0.4 is 5.32 Å². The summed E-state index contributed by atoms with van der Waals surface area (Å²) in [5, 5.41) is 2.89. The summed E-state index contributed by atoms with van der Waals surface area (Å²) in [7, 11) is 1.32. The lowest BCUT2D eigenvalue weighted by Gasteiger charge is -2.30. The van der Waals surface area contributed by atoms with Crippen LogP contribution in [0.5, 0.6) is 0 Å². The standard InChI is InChI=1S/C17H22N2O4/c1-11-4-5-14(17(22)23-3)10-15(11)18-16(21)13-6-8-19(9-7-13)12(2)20/h4-5,10,13H,6-9H2,1-3H3,(H,18,21). The molecule has 1 heterocycles. The maximum absolute atomic E-state index is 12.4. The highest BCUT2D eigenvalue weighted by atomic mass is 16.5. The number of ether oxygens (including phenoxy) is 1. The van der Waals surface area contributed by atoms with Gasteiger partial charge in [0, 0.05) is 31.6 Å². The van der Waals surface area contributed by atoms with E-state index in [2.05, 4.69) is 5.32 Å². The highest BCUT2D eigenvalue weighted by molar-refractivity contribution is 5.96. The van der Waals surface area contributed by atoms with Crippen LogP contribution in [-0.4, -0.2) is 42.9 Å². The van der Waals surface area contributed by atoms with Gasteiger partial charge in [0.15, 0.2) is 0 Å². The monoisotopic (exact) mass is 318 g/mol. The molecule has 6 nitrogen and oxygen atoms in total. The largest absolute Gasteiger partial charge is 0.465 e. The molecule has 124 valence electrons. The zero-order valence-electron chi connectivity index (χ0n) is 13.7. The van der Waals surface area contributed by atoms with Gasteiger partial charge in [-0.15, -0.1) is 0 Å². The molecule has 0 radical (unpaired) electrons. The number of amides is 2. The summed E-state index contributed by atoms with van der Waals surface area (Å²) in [6.45, 7) is 4.63. The Kier molecular flexibility index (Phi) is 5.36. The van der Waals surface area contributed by atoms with Crippen molar-refractivity contribution in [3.63, 3.8) is 0 Å². The second-order valence-electron chi connectivity index (χ2n) is 5.79. The number of anilines is 1. The molecule has 2 rings (SSSR count). The Bertz CT molecular complexity index is 619. The SMILES string of the molecule is COC(=O)c1ccc(C)c(NC(=O)C2CCN(C(C)=O)CC2)c1. The van der Waals surface area contributed by atoms with E-state index < -0.39 is 5.97 Å². The zero-order chi connectivity index (χ0) is 17.0. The molecule has 2 amide bonds. The highest BCUT2D eigenvalue weighted by Gasteiger charge is 2.26. The Hall–Kier alpha value is -2.37. The second kappa shape index (κ2) is 7.26. The lowest BCUT2D eigenvalue weighted by atomic mass is 9.95. The summed E-state index contributed by atoms with van der Waals surface area (Å²) < 4.78 is 4.70. The molecule has 0 atom stereocenters. The fourth-order valence-electron chi connectivity index (χ4n) is 2.69. The quantitative estimate of drug-likeness (QED) is 0.865. The number of hydrogen-bond acceptors (Lipinski definition) is 4. The number of nitrogens with one attached hydrogen (secondary N) is 1. The van der Waals surface area contributed by atoms with Crippen molar-refractivity contribution in [2.75, 3.05) is 25.5 Å². The van der Waals surface area contributed by atoms with E-state index in [1.807, 2.05) is 6.92 Å². The van der Waals surface area contributed by atoms with Gasteiger partial charge in [0.1, 0.15) is 0 Å². The molecule has 1 aromatic rings. The van der Waals surface area contributed by atoms with Crippen molar-refractivity contribution < 1.29 is 19.1 Å². The molecule has 6 heteroatoms. The maximum atomic E-state index is 12.4. The van der Waals surface area contributed by atoms with Crippen LogP contribution in [0.25, 0.3) is 0 Å². The van der Waals surface area contributed by atoms with Crippen molar-refractivity contribution in [2.24, 2.45) is 5.92 Å². The van der Waals surface area contributed by atoms with E-state index in [0.29, 0.717) is 37.2 Å². The average Bonchev–Trinajstić information content (AvgIpc) is 2.56. The molecule has 1 aliphatic rings. The number of carbonyl (C=O) groups excluding carboxylic acids is 3. The van der Waals surface area contributed by atoms with Crippen molar-refractivity contribution in [2.45, 2.75) is 26.7 Å². The van der Waals surface area contributed by atoms with E-state index in [4.69, 9.17) is 4.74 Å². The minimum Gasteiger partial charge on any atom is -0.465 e. The minimum absolute atomic E-state index is 0.0467. The fourth-order valence-corrected chi connectivity index (χ4v) is 2.69. The third kappa shape index (κ3) is 4.09. The van der Waals surface area contributed by atoms with Gasteiger partial charge in [-0.2, -0.15) is 0 Å². The Labute approximate surface area is 135 Å². The van der Waals surface area contributed by atoms with E-state index >= 15 is 0 Å². The van der Waals surface area contributed by atoms with Crippen molar-refractivity contribution in [3.05, 3.63) is 29.3 Å². The van der Waals surface area contributed by atoms with Gasteiger partial charge in [0.25, 0.3) is 0 Å². The topological polar surface area (TPSA) is 75.7 Å². The molecule has 0 aliphatic carbocycles. The number of benzene rings is 1. The molecular formula is C17H22N2O4. The molecule has 1 saturated heterocycles. The number of likely N-dealkylation sites (tertiary alicyclic amines) is 1. The third-order valence-electron chi connectivity index (χ3n) is 4.23. The van der Waals surface area contributed by atoms with Crippen LogP contribution in [0, 0.1) is 12.8 Å². The van der Waals surface area contributed by atoms with Gasteiger partial charge in [-0.25, -0.2) is 4.79 Å². The van der Waals surface area contributed by atoms with Crippen LogP contribution in [0.15, 0.2) is 18.2 Å². The molecule has 1 N–H and O–H groups in total. The summed E-state index contributed by atoms with van der Waals surface area (Å²) in [4.78, 5) is 37.1. The van der Waals surface area contributed by atoms with Gasteiger partial charge in [0.2, 0.25) is 11.8 Å². The van der Waals surface area contributed by atoms with Gasteiger partial charge < -0.3 is 15.0 Å². The molecule has 0 spiro atoms. The summed E-state index contributed by atoms with van der Waals surface area (Å²) in [5.41, 5.74) is 1.90. The summed E-state index contributed by atoms with van der Waals surface area (Å²) >= 11 is 0. The first-order chi connectivity index (χ1) is 10.9. The van der Waals surface area contributed by atoms with Gasteiger partial charge >= 0.3 is 5.97 Å². The number of nitrogens with zero attached hydrogens (tertiary/aromatic N) is 1. The fraction of sp³-hybridized carbons (Fsp3) is 0.471. The number of rotatable bonds is 3. The van der Waals surface area contributed by atoms with Gasteiger partial charge in [-0.05, 0) is 37.5 Å².